The second kappa shape index (κ2) is 4.39. The molecule has 0 aliphatic carbocycles. The van der Waals surface area contributed by atoms with Crippen LogP contribution in [0.25, 0.3) is 11.3 Å². The molecule has 1 heterocycles. The van der Waals surface area contributed by atoms with Crippen LogP contribution < -0.4 is 0 Å². The molecule has 0 aliphatic heterocycles. The van der Waals surface area contributed by atoms with Crippen molar-refractivity contribution in [3.63, 3.8) is 0 Å². The molecule has 0 fully saturated rings. The molecule has 1 aromatic carbocycles. The Bertz CT molecular complexity index is 505. The first kappa shape index (κ1) is 11.4. The van der Waals surface area contributed by atoms with Crippen LogP contribution in [-0.4, -0.2) is 5.11 Å². The largest absolute Gasteiger partial charge is 0.458 e. The maximum absolute atomic E-state index is 13.6. The average molecular weight is 285 g/mol. The molecule has 2 nitrogen and oxygen atoms in total. The number of halogens is 2. The number of furan rings is 1. The predicted octanol–water partition coefficient (Wildman–Crippen LogP) is 3.90. The quantitative estimate of drug-likeness (QED) is 0.907. The van der Waals surface area contributed by atoms with Crippen molar-refractivity contribution in [3.05, 3.63) is 46.4 Å². The van der Waals surface area contributed by atoms with Crippen molar-refractivity contribution in [1.82, 2.24) is 0 Å². The van der Waals surface area contributed by atoms with Crippen LogP contribution in [0.5, 0.6) is 0 Å². The van der Waals surface area contributed by atoms with E-state index in [-0.39, 0.29) is 5.82 Å². The molecule has 1 unspecified atom stereocenters. The van der Waals surface area contributed by atoms with Crippen LogP contribution in [0.2, 0.25) is 0 Å². The summed E-state index contributed by atoms with van der Waals surface area (Å²) in [7, 11) is 0. The van der Waals surface area contributed by atoms with Gasteiger partial charge in [0.25, 0.3) is 0 Å². The highest BCUT2D eigenvalue weighted by Gasteiger charge is 2.12. The summed E-state index contributed by atoms with van der Waals surface area (Å²) in [5, 5.41) is 9.30. The van der Waals surface area contributed by atoms with Crippen molar-refractivity contribution in [1.29, 1.82) is 0 Å². The van der Waals surface area contributed by atoms with Gasteiger partial charge in [0, 0.05) is 4.47 Å². The molecule has 0 radical (unpaired) electrons. The Balaban J connectivity index is 2.42. The number of rotatable bonds is 2. The fourth-order valence-corrected chi connectivity index (χ4v) is 1.74. The Morgan fingerprint density at radius 2 is 2.06 bits per heavy atom. The highest BCUT2D eigenvalue weighted by molar-refractivity contribution is 9.10. The highest BCUT2D eigenvalue weighted by atomic mass is 79.9. The van der Waals surface area contributed by atoms with E-state index in [1.807, 2.05) is 0 Å². The molecule has 1 atom stereocenters. The SMILES string of the molecule is CC(O)c1ccc(-c2ccc(Br)cc2F)o1. The van der Waals surface area contributed by atoms with Crippen LogP contribution in [0.4, 0.5) is 4.39 Å². The maximum Gasteiger partial charge on any atom is 0.137 e. The Morgan fingerprint density at radius 1 is 1.31 bits per heavy atom. The summed E-state index contributed by atoms with van der Waals surface area (Å²) in [6.07, 6.45) is -0.688. The molecule has 84 valence electrons. The van der Waals surface area contributed by atoms with Gasteiger partial charge in [-0.05, 0) is 37.3 Å². The Kier molecular flexibility index (Phi) is 3.12. The minimum absolute atomic E-state index is 0.360. The van der Waals surface area contributed by atoms with E-state index in [0.717, 1.165) is 0 Å². The van der Waals surface area contributed by atoms with Gasteiger partial charge in [-0.1, -0.05) is 15.9 Å². The van der Waals surface area contributed by atoms with E-state index in [1.54, 1.807) is 31.2 Å². The molecule has 0 amide bonds. The van der Waals surface area contributed by atoms with Gasteiger partial charge >= 0.3 is 0 Å². The van der Waals surface area contributed by atoms with Gasteiger partial charge in [-0.3, -0.25) is 0 Å². The van der Waals surface area contributed by atoms with Crippen molar-refractivity contribution in [2.24, 2.45) is 0 Å². The molecule has 2 rings (SSSR count). The van der Waals surface area contributed by atoms with E-state index in [1.165, 1.54) is 6.07 Å². The smallest absolute Gasteiger partial charge is 0.137 e. The summed E-state index contributed by atoms with van der Waals surface area (Å²) < 4.78 is 19.6. The number of hydrogen-bond donors (Lipinski definition) is 1. The first-order chi connectivity index (χ1) is 7.58. The van der Waals surface area contributed by atoms with Gasteiger partial charge in [-0.2, -0.15) is 0 Å². The Hall–Kier alpha value is -1.13. The van der Waals surface area contributed by atoms with Crippen LogP contribution in [0.1, 0.15) is 18.8 Å². The van der Waals surface area contributed by atoms with Crippen LogP contribution in [0.3, 0.4) is 0 Å². The second-order valence-electron chi connectivity index (χ2n) is 3.50. The number of aliphatic hydroxyl groups is 1. The lowest BCUT2D eigenvalue weighted by molar-refractivity contribution is 0.170. The van der Waals surface area contributed by atoms with Crippen molar-refractivity contribution < 1.29 is 13.9 Å². The van der Waals surface area contributed by atoms with Crippen LogP contribution in [0.15, 0.2) is 39.2 Å². The van der Waals surface area contributed by atoms with Crippen molar-refractivity contribution in [3.8, 4) is 11.3 Å². The Labute approximate surface area is 101 Å². The molecule has 2 aromatic rings. The molecule has 0 bridgehead atoms. The summed E-state index contributed by atoms with van der Waals surface area (Å²) in [6.45, 7) is 1.60. The van der Waals surface area contributed by atoms with Gasteiger partial charge in [-0.25, -0.2) is 4.39 Å². The standard InChI is InChI=1S/C12H10BrFO2/c1-7(15)11-4-5-12(16-11)9-3-2-8(13)6-10(9)14/h2-7,15H,1H3. The van der Waals surface area contributed by atoms with Crippen molar-refractivity contribution in [2.75, 3.05) is 0 Å². The molecule has 1 N–H and O–H groups in total. The van der Waals surface area contributed by atoms with E-state index in [9.17, 15) is 9.50 Å². The molecule has 0 saturated carbocycles. The monoisotopic (exact) mass is 284 g/mol. The lowest BCUT2D eigenvalue weighted by Gasteiger charge is -2.01. The summed E-state index contributed by atoms with van der Waals surface area (Å²) in [4.78, 5) is 0. The molecule has 16 heavy (non-hydrogen) atoms. The van der Waals surface area contributed by atoms with Crippen LogP contribution in [-0.2, 0) is 0 Å². The third kappa shape index (κ3) is 2.18. The van der Waals surface area contributed by atoms with Crippen molar-refractivity contribution >= 4 is 15.9 Å². The third-order valence-electron chi connectivity index (χ3n) is 2.24. The zero-order valence-corrected chi connectivity index (χ0v) is 10.2. The number of benzene rings is 1. The third-order valence-corrected chi connectivity index (χ3v) is 2.73. The van der Waals surface area contributed by atoms with E-state index in [0.29, 0.717) is 21.6 Å². The zero-order chi connectivity index (χ0) is 11.7. The minimum atomic E-state index is -0.688. The van der Waals surface area contributed by atoms with Crippen molar-refractivity contribution in [2.45, 2.75) is 13.0 Å². The van der Waals surface area contributed by atoms with Crippen LogP contribution in [0, 0.1) is 5.82 Å². The molecule has 0 saturated heterocycles. The van der Waals surface area contributed by atoms with Gasteiger partial charge in [0.1, 0.15) is 23.4 Å². The summed E-state index contributed by atoms with van der Waals surface area (Å²) >= 11 is 3.19. The summed E-state index contributed by atoms with van der Waals surface area (Å²) in [5.74, 6) is 0.485. The molecular formula is C12H10BrFO2. The van der Waals surface area contributed by atoms with E-state index < -0.39 is 6.10 Å². The van der Waals surface area contributed by atoms with E-state index in [4.69, 9.17) is 4.42 Å². The maximum atomic E-state index is 13.6. The highest BCUT2D eigenvalue weighted by Crippen LogP contribution is 2.28. The van der Waals surface area contributed by atoms with E-state index in [2.05, 4.69) is 15.9 Å². The molecular weight excluding hydrogens is 275 g/mol. The Morgan fingerprint density at radius 3 is 2.62 bits per heavy atom. The number of aliphatic hydroxyl groups excluding tert-OH is 1. The minimum Gasteiger partial charge on any atom is -0.458 e. The lowest BCUT2D eigenvalue weighted by Crippen LogP contribution is -1.86. The lowest BCUT2D eigenvalue weighted by atomic mass is 10.1. The average Bonchev–Trinajstić information content (AvgIpc) is 2.66. The van der Waals surface area contributed by atoms with Gasteiger partial charge < -0.3 is 9.52 Å². The second-order valence-corrected chi connectivity index (χ2v) is 4.42. The fourth-order valence-electron chi connectivity index (χ4n) is 1.41. The normalized spacial score (nSPS) is 12.8. The summed E-state index contributed by atoms with van der Waals surface area (Å²) in [5.41, 5.74) is 0.384. The predicted molar refractivity (Wildman–Crippen MR) is 62.4 cm³/mol. The van der Waals surface area contributed by atoms with Gasteiger partial charge in [0.05, 0.1) is 5.56 Å². The summed E-state index contributed by atoms with van der Waals surface area (Å²) in [6, 6.07) is 8.03. The van der Waals surface area contributed by atoms with Gasteiger partial charge in [0.2, 0.25) is 0 Å². The molecule has 4 heteroatoms. The first-order valence-electron chi connectivity index (χ1n) is 4.81. The van der Waals surface area contributed by atoms with Crippen LogP contribution >= 0.6 is 15.9 Å². The fraction of sp³-hybridized carbons (Fsp3) is 0.167. The van der Waals surface area contributed by atoms with Gasteiger partial charge in [0.15, 0.2) is 0 Å². The molecule has 1 aromatic heterocycles. The topological polar surface area (TPSA) is 33.4 Å². The number of hydrogen-bond acceptors (Lipinski definition) is 2. The molecule has 0 spiro atoms. The zero-order valence-electron chi connectivity index (χ0n) is 8.58. The van der Waals surface area contributed by atoms with Gasteiger partial charge in [-0.15, -0.1) is 0 Å². The first-order valence-corrected chi connectivity index (χ1v) is 5.60. The molecule has 0 aliphatic rings. The van der Waals surface area contributed by atoms with E-state index >= 15 is 0 Å².